The Bertz CT molecular complexity index is 779. The minimum Gasteiger partial charge on any atom is -0.292 e. The van der Waals surface area contributed by atoms with Crippen LogP contribution < -0.4 is 5.56 Å². The first kappa shape index (κ1) is 13.0. The highest BCUT2D eigenvalue weighted by Gasteiger charge is 2.05. The summed E-state index contributed by atoms with van der Waals surface area (Å²) in [6, 6.07) is 11.8. The molecule has 0 atom stereocenters. The Hall–Kier alpha value is -1.96. The van der Waals surface area contributed by atoms with Gasteiger partial charge in [0.05, 0.1) is 27.8 Å². The highest BCUT2D eigenvalue weighted by atomic mass is 127. The van der Waals surface area contributed by atoms with Gasteiger partial charge < -0.3 is 0 Å². The smallest absolute Gasteiger partial charge is 0.267 e. The number of para-hydroxylation sites is 1. The number of halogens is 1. The zero-order chi connectivity index (χ0) is 13.9. The van der Waals surface area contributed by atoms with Crippen molar-refractivity contribution in [3.05, 3.63) is 74.7 Å². The molecule has 100 valence electrons. The van der Waals surface area contributed by atoms with Gasteiger partial charge in [0.1, 0.15) is 0 Å². The molecule has 3 rings (SSSR count). The molecule has 2 aromatic heterocycles. The molecule has 0 aliphatic rings. The van der Waals surface area contributed by atoms with Crippen molar-refractivity contribution in [2.24, 2.45) is 0 Å². The maximum absolute atomic E-state index is 11.9. The highest BCUT2D eigenvalue weighted by molar-refractivity contribution is 14.1. The second kappa shape index (κ2) is 5.58. The number of hydrogen-bond donors (Lipinski definition) is 0. The average Bonchev–Trinajstić information content (AvgIpc) is 2.93. The average molecular weight is 378 g/mol. The summed E-state index contributed by atoms with van der Waals surface area (Å²) in [6.45, 7) is 0.419. The molecular formula is C14H11IN4O. The first-order valence-corrected chi connectivity index (χ1v) is 7.12. The topological polar surface area (TPSA) is 52.7 Å². The minimum absolute atomic E-state index is 0.0464. The molecule has 0 aliphatic heterocycles. The van der Waals surface area contributed by atoms with Crippen LogP contribution in [0.3, 0.4) is 0 Å². The molecule has 5 nitrogen and oxygen atoms in total. The molecule has 0 saturated heterocycles. The van der Waals surface area contributed by atoms with Gasteiger partial charge in [-0.25, -0.2) is 9.67 Å². The van der Waals surface area contributed by atoms with Crippen LogP contribution in [0.5, 0.6) is 0 Å². The summed E-state index contributed by atoms with van der Waals surface area (Å²) in [6.07, 6.45) is 4.98. The molecule has 0 aliphatic carbocycles. The summed E-state index contributed by atoms with van der Waals surface area (Å²) in [4.78, 5) is 16.0. The number of nitrogens with zero attached hydrogens (tertiary/aromatic N) is 4. The van der Waals surface area contributed by atoms with Crippen LogP contribution in [-0.4, -0.2) is 19.3 Å². The lowest BCUT2D eigenvalue weighted by atomic mass is 10.3. The lowest BCUT2D eigenvalue weighted by Gasteiger charge is -2.03. The maximum atomic E-state index is 11.9. The quantitative estimate of drug-likeness (QED) is 0.656. The van der Waals surface area contributed by atoms with E-state index in [1.807, 2.05) is 65.2 Å². The number of rotatable bonds is 3. The predicted octanol–water partition coefficient (Wildman–Crippen LogP) is 2.08. The van der Waals surface area contributed by atoms with Crippen molar-refractivity contribution in [3.63, 3.8) is 0 Å². The molecule has 1 aromatic carbocycles. The predicted molar refractivity (Wildman–Crippen MR) is 83.9 cm³/mol. The Morgan fingerprint density at radius 3 is 2.75 bits per heavy atom. The van der Waals surface area contributed by atoms with E-state index in [4.69, 9.17) is 0 Å². The lowest BCUT2D eigenvalue weighted by molar-refractivity contribution is 0.699. The summed E-state index contributed by atoms with van der Waals surface area (Å²) in [5.41, 5.74) is 1.77. The second-order valence-corrected chi connectivity index (χ2v) is 5.42. The Morgan fingerprint density at radius 2 is 1.95 bits per heavy atom. The van der Waals surface area contributed by atoms with Crippen LogP contribution in [0.2, 0.25) is 0 Å². The van der Waals surface area contributed by atoms with Gasteiger partial charge in [-0.05, 0) is 40.8 Å². The first-order chi connectivity index (χ1) is 9.74. The molecule has 0 amide bonds. The van der Waals surface area contributed by atoms with Gasteiger partial charge in [0, 0.05) is 12.4 Å². The van der Waals surface area contributed by atoms with E-state index in [-0.39, 0.29) is 5.56 Å². The number of hydrogen-bond acceptors (Lipinski definition) is 3. The van der Waals surface area contributed by atoms with E-state index in [1.54, 1.807) is 15.4 Å². The van der Waals surface area contributed by atoms with Gasteiger partial charge in [0.15, 0.2) is 0 Å². The van der Waals surface area contributed by atoms with Crippen LogP contribution in [0.15, 0.2) is 59.9 Å². The zero-order valence-electron chi connectivity index (χ0n) is 10.5. The van der Waals surface area contributed by atoms with Crippen molar-refractivity contribution in [2.45, 2.75) is 6.54 Å². The van der Waals surface area contributed by atoms with Gasteiger partial charge >= 0.3 is 0 Å². The Balaban J connectivity index is 1.88. The van der Waals surface area contributed by atoms with Crippen molar-refractivity contribution in [1.29, 1.82) is 0 Å². The molecule has 0 radical (unpaired) electrons. The standard InChI is InChI=1S/C14H11IN4O/c15-13-8-16-10-18(14(13)20)9-11-6-7-19(17-11)12-4-2-1-3-5-12/h1-8,10H,9H2. The molecule has 0 saturated carbocycles. The Morgan fingerprint density at radius 1 is 1.15 bits per heavy atom. The second-order valence-electron chi connectivity index (χ2n) is 4.26. The van der Waals surface area contributed by atoms with Crippen LogP contribution >= 0.6 is 22.6 Å². The van der Waals surface area contributed by atoms with Crippen molar-refractivity contribution >= 4 is 22.6 Å². The lowest BCUT2D eigenvalue weighted by Crippen LogP contribution is -2.23. The van der Waals surface area contributed by atoms with E-state index < -0.39 is 0 Å². The summed E-state index contributed by atoms with van der Waals surface area (Å²) >= 11 is 1.99. The van der Waals surface area contributed by atoms with E-state index in [9.17, 15) is 4.79 Å². The number of benzene rings is 1. The Kier molecular flexibility index (Phi) is 3.64. The van der Waals surface area contributed by atoms with E-state index in [1.165, 1.54) is 6.33 Å². The van der Waals surface area contributed by atoms with Crippen molar-refractivity contribution in [2.75, 3.05) is 0 Å². The third-order valence-electron chi connectivity index (χ3n) is 2.86. The van der Waals surface area contributed by atoms with Gasteiger partial charge in [0.25, 0.3) is 5.56 Å². The fourth-order valence-corrected chi connectivity index (χ4v) is 2.35. The highest BCUT2D eigenvalue weighted by Crippen LogP contribution is 2.07. The van der Waals surface area contributed by atoms with Crippen LogP contribution in [0.1, 0.15) is 5.69 Å². The van der Waals surface area contributed by atoms with Crippen LogP contribution in [0.25, 0.3) is 5.69 Å². The van der Waals surface area contributed by atoms with Crippen LogP contribution in [-0.2, 0) is 6.54 Å². The Labute approximate surface area is 129 Å². The van der Waals surface area contributed by atoms with Crippen molar-refractivity contribution in [3.8, 4) is 5.69 Å². The summed E-state index contributed by atoms with van der Waals surface area (Å²) in [5.74, 6) is 0. The van der Waals surface area contributed by atoms with E-state index in [0.717, 1.165) is 11.4 Å². The monoisotopic (exact) mass is 378 g/mol. The van der Waals surface area contributed by atoms with E-state index in [0.29, 0.717) is 10.1 Å². The van der Waals surface area contributed by atoms with Gasteiger partial charge in [0.2, 0.25) is 0 Å². The molecule has 0 fully saturated rings. The molecule has 20 heavy (non-hydrogen) atoms. The first-order valence-electron chi connectivity index (χ1n) is 6.04. The fraction of sp³-hybridized carbons (Fsp3) is 0.0714. The summed E-state index contributed by atoms with van der Waals surface area (Å²) in [5, 5.41) is 4.47. The summed E-state index contributed by atoms with van der Waals surface area (Å²) < 4.78 is 3.95. The van der Waals surface area contributed by atoms with Gasteiger partial charge in [-0.3, -0.25) is 9.36 Å². The zero-order valence-corrected chi connectivity index (χ0v) is 12.6. The normalized spacial score (nSPS) is 10.7. The van der Waals surface area contributed by atoms with Crippen molar-refractivity contribution < 1.29 is 0 Å². The maximum Gasteiger partial charge on any atom is 0.267 e. The largest absolute Gasteiger partial charge is 0.292 e. The molecule has 3 aromatic rings. The van der Waals surface area contributed by atoms with Gasteiger partial charge in [-0.1, -0.05) is 18.2 Å². The molecule has 6 heteroatoms. The van der Waals surface area contributed by atoms with Gasteiger partial charge in [-0.2, -0.15) is 5.10 Å². The fourth-order valence-electron chi connectivity index (χ4n) is 1.88. The molecular weight excluding hydrogens is 367 g/mol. The van der Waals surface area contributed by atoms with Crippen LogP contribution in [0, 0.1) is 3.57 Å². The minimum atomic E-state index is -0.0464. The van der Waals surface area contributed by atoms with E-state index in [2.05, 4.69) is 10.1 Å². The SMILES string of the molecule is O=c1c(I)cncn1Cc1ccn(-c2ccccc2)n1. The summed E-state index contributed by atoms with van der Waals surface area (Å²) in [7, 11) is 0. The number of aromatic nitrogens is 4. The van der Waals surface area contributed by atoms with Crippen LogP contribution in [0.4, 0.5) is 0 Å². The molecule has 0 spiro atoms. The van der Waals surface area contributed by atoms with Gasteiger partial charge in [-0.15, -0.1) is 0 Å². The van der Waals surface area contributed by atoms with E-state index >= 15 is 0 Å². The molecule has 0 N–H and O–H groups in total. The molecule has 0 unspecified atom stereocenters. The van der Waals surface area contributed by atoms with Crippen molar-refractivity contribution in [1.82, 2.24) is 19.3 Å². The molecule has 0 bridgehead atoms. The third kappa shape index (κ3) is 2.64. The third-order valence-corrected chi connectivity index (χ3v) is 3.60. The molecule has 2 heterocycles.